The summed E-state index contributed by atoms with van der Waals surface area (Å²) in [5.74, 6) is -0.258. The van der Waals surface area contributed by atoms with E-state index in [0.29, 0.717) is 19.5 Å². The number of ether oxygens (including phenoxy) is 1. The van der Waals surface area contributed by atoms with Gasteiger partial charge in [0.05, 0.1) is 0 Å². The van der Waals surface area contributed by atoms with Crippen LogP contribution < -0.4 is 0 Å². The molecule has 3 rings (SSSR count). The number of rotatable bonds is 3. The van der Waals surface area contributed by atoms with Crippen LogP contribution in [-0.2, 0) is 9.53 Å². The first-order chi connectivity index (χ1) is 11.4. The minimum absolute atomic E-state index is 0.118. The van der Waals surface area contributed by atoms with E-state index < -0.39 is 12.2 Å². The van der Waals surface area contributed by atoms with E-state index in [9.17, 15) is 18.0 Å². The van der Waals surface area contributed by atoms with E-state index in [4.69, 9.17) is 4.74 Å². The van der Waals surface area contributed by atoms with Crippen LogP contribution in [-0.4, -0.2) is 60.3 Å². The van der Waals surface area contributed by atoms with Gasteiger partial charge in [-0.25, -0.2) is 0 Å². The number of carbonyl (C=O) groups is 1. The summed E-state index contributed by atoms with van der Waals surface area (Å²) >= 11 is 0. The summed E-state index contributed by atoms with van der Waals surface area (Å²) in [4.78, 5) is 15.2. The van der Waals surface area contributed by atoms with Gasteiger partial charge >= 0.3 is 12.1 Å². The Morgan fingerprint density at radius 2 is 1.75 bits per heavy atom. The highest BCUT2D eigenvalue weighted by Crippen LogP contribution is 2.38. The van der Waals surface area contributed by atoms with Crippen LogP contribution >= 0.6 is 0 Å². The molecule has 4 nitrogen and oxygen atoms in total. The maximum Gasteiger partial charge on any atom is 0.408 e. The average Bonchev–Trinajstić information content (AvgIpc) is 2.86. The zero-order valence-corrected chi connectivity index (χ0v) is 13.5. The van der Waals surface area contributed by atoms with Crippen molar-refractivity contribution in [2.45, 2.75) is 37.7 Å². The fourth-order valence-electron chi connectivity index (χ4n) is 3.58. The Balaban J connectivity index is 1.69. The molecule has 2 heterocycles. The monoisotopic (exact) mass is 342 g/mol. The van der Waals surface area contributed by atoms with Crippen LogP contribution in [0.1, 0.15) is 24.9 Å². The third-order valence-electron chi connectivity index (χ3n) is 4.72. The maximum atomic E-state index is 13.6. The first-order valence-corrected chi connectivity index (χ1v) is 8.16. The normalized spacial score (nSPS) is 27.9. The quantitative estimate of drug-likeness (QED) is 0.791. The molecular weight excluding hydrogens is 321 g/mol. The topological polar surface area (TPSA) is 32.8 Å². The van der Waals surface area contributed by atoms with Crippen molar-refractivity contribution >= 4 is 5.97 Å². The minimum Gasteiger partial charge on any atom is -0.461 e. The molecule has 0 radical (unpaired) electrons. The number of hydrogen-bond acceptors (Lipinski definition) is 4. The van der Waals surface area contributed by atoms with E-state index in [-0.39, 0.29) is 36.8 Å². The zero-order chi connectivity index (χ0) is 17.3. The maximum absolute atomic E-state index is 13.6. The molecule has 1 aromatic rings. The molecule has 2 saturated heterocycles. The summed E-state index contributed by atoms with van der Waals surface area (Å²) in [6.45, 7) is 3.26. The third kappa shape index (κ3) is 3.57. The Morgan fingerprint density at radius 3 is 2.25 bits per heavy atom. The van der Waals surface area contributed by atoms with Gasteiger partial charge < -0.3 is 4.74 Å². The lowest BCUT2D eigenvalue weighted by atomic mass is 10.0. The highest BCUT2D eigenvalue weighted by atomic mass is 19.4. The van der Waals surface area contributed by atoms with Crippen LogP contribution in [0.3, 0.4) is 0 Å². The fourth-order valence-corrected chi connectivity index (χ4v) is 3.58. The minimum atomic E-state index is -4.33. The number of hydrogen-bond donors (Lipinski definition) is 0. The van der Waals surface area contributed by atoms with Crippen LogP contribution in [0, 0.1) is 0 Å². The van der Waals surface area contributed by atoms with Gasteiger partial charge in [0.25, 0.3) is 0 Å². The van der Waals surface area contributed by atoms with Crippen molar-refractivity contribution in [1.82, 2.24) is 9.80 Å². The molecule has 0 N–H and O–H groups in total. The number of alkyl halides is 3. The summed E-state index contributed by atoms with van der Waals surface area (Å²) in [6.07, 6.45) is -3.84. The molecule has 0 unspecified atom stereocenters. The molecule has 7 heteroatoms. The molecule has 2 aliphatic heterocycles. The number of piperazine rings is 1. The van der Waals surface area contributed by atoms with Gasteiger partial charge in [0, 0.05) is 32.6 Å². The highest BCUT2D eigenvalue weighted by Gasteiger charge is 2.46. The van der Waals surface area contributed by atoms with Crippen molar-refractivity contribution < 1.29 is 22.7 Å². The summed E-state index contributed by atoms with van der Waals surface area (Å²) in [7, 11) is 0. The summed E-state index contributed by atoms with van der Waals surface area (Å²) in [5.41, 5.74) is 0.257. The van der Waals surface area contributed by atoms with Crippen LogP contribution in [0.5, 0.6) is 0 Å². The van der Waals surface area contributed by atoms with E-state index in [2.05, 4.69) is 0 Å². The lowest BCUT2D eigenvalue weighted by molar-refractivity contribution is -0.191. The highest BCUT2D eigenvalue weighted by molar-refractivity contribution is 5.78. The first-order valence-electron chi connectivity index (χ1n) is 8.16. The molecule has 2 aliphatic rings. The molecule has 0 bridgehead atoms. The molecule has 2 fully saturated rings. The smallest absolute Gasteiger partial charge is 0.408 e. The van der Waals surface area contributed by atoms with Gasteiger partial charge in [-0.2, -0.15) is 13.2 Å². The molecule has 0 spiro atoms. The third-order valence-corrected chi connectivity index (χ3v) is 4.72. The van der Waals surface area contributed by atoms with Crippen molar-refractivity contribution in [3.05, 3.63) is 35.9 Å². The lowest BCUT2D eigenvalue weighted by Crippen LogP contribution is -2.54. The van der Waals surface area contributed by atoms with E-state index in [0.717, 1.165) is 0 Å². The van der Waals surface area contributed by atoms with Crippen LogP contribution in [0.4, 0.5) is 13.2 Å². The standard InChI is InChI=1S/C17H21F3N2O2/c1-12-11-14(16(23)24-12)21-7-9-22(10-8-21)15(17(18,19)20)13-5-3-2-4-6-13/h2-6,12,14-15H,7-11H2,1H3/t12-,14-,15+/m1/s1. The van der Waals surface area contributed by atoms with Gasteiger partial charge in [-0.1, -0.05) is 30.3 Å². The summed E-state index contributed by atoms with van der Waals surface area (Å²) in [6, 6.07) is 6.07. The van der Waals surface area contributed by atoms with Crippen LogP contribution in [0.2, 0.25) is 0 Å². The van der Waals surface area contributed by atoms with Crippen molar-refractivity contribution in [3.8, 4) is 0 Å². The van der Waals surface area contributed by atoms with Crippen molar-refractivity contribution in [1.29, 1.82) is 0 Å². The SMILES string of the molecule is C[C@@H]1C[C@@H](N2CCN([C@@H](c3ccccc3)C(F)(F)F)CC2)C(=O)O1. The number of halogens is 3. The van der Waals surface area contributed by atoms with Gasteiger partial charge in [-0.3, -0.25) is 14.6 Å². The van der Waals surface area contributed by atoms with Crippen molar-refractivity contribution in [2.24, 2.45) is 0 Å². The number of esters is 1. The molecule has 132 valence electrons. The van der Waals surface area contributed by atoms with Gasteiger partial charge in [-0.05, 0) is 12.5 Å². The van der Waals surface area contributed by atoms with Crippen LogP contribution in [0.15, 0.2) is 30.3 Å². The van der Waals surface area contributed by atoms with E-state index in [1.807, 2.05) is 11.8 Å². The second kappa shape index (κ2) is 6.72. The van der Waals surface area contributed by atoms with Crippen LogP contribution in [0.25, 0.3) is 0 Å². The van der Waals surface area contributed by atoms with E-state index in [1.165, 1.54) is 17.0 Å². The Bertz CT molecular complexity index is 571. The van der Waals surface area contributed by atoms with E-state index in [1.54, 1.807) is 18.2 Å². The Labute approximate surface area is 139 Å². The number of cyclic esters (lactones) is 1. The second-order valence-electron chi connectivity index (χ2n) is 6.43. The molecule has 1 aromatic carbocycles. The molecule has 24 heavy (non-hydrogen) atoms. The molecule has 0 amide bonds. The summed E-state index contributed by atoms with van der Waals surface area (Å²) in [5, 5.41) is 0. The molecule has 0 aliphatic carbocycles. The van der Waals surface area contributed by atoms with Crippen molar-refractivity contribution in [3.63, 3.8) is 0 Å². The molecular formula is C17H21F3N2O2. The average molecular weight is 342 g/mol. The Morgan fingerprint density at radius 1 is 1.12 bits per heavy atom. The second-order valence-corrected chi connectivity index (χ2v) is 6.43. The first kappa shape index (κ1) is 17.2. The van der Waals surface area contributed by atoms with Gasteiger partial charge in [0.2, 0.25) is 0 Å². The number of nitrogens with zero attached hydrogens (tertiary/aromatic N) is 2. The molecule has 3 atom stereocenters. The van der Waals surface area contributed by atoms with Gasteiger partial charge in [-0.15, -0.1) is 0 Å². The molecule has 0 aromatic heterocycles. The predicted molar refractivity (Wildman–Crippen MR) is 82.3 cm³/mol. The zero-order valence-electron chi connectivity index (χ0n) is 13.5. The Hall–Kier alpha value is -1.60. The van der Waals surface area contributed by atoms with Gasteiger partial charge in [0.1, 0.15) is 18.2 Å². The summed E-state index contributed by atoms with van der Waals surface area (Å²) < 4.78 is 45.9. The number of carbonyl (C=O) groups excluding carboxylic acids is 1. The number of benzene rings is 1. The lowest BCUT2D eigenvalue weighted by Gasteiger charge is -2.41. The fraction of sp³-hybridized carbons (Fsp3) is 0.588. The molecule has 0 saturated carbocycles. The predicted octanol–water partition coefficient (Wildman–Crippen LogP) is 2.61. The van der Waals surface area contributed by atoms with Gasteiger partial charge in [0.15, 0.2) is 0 Å². The largest absolute Gasteiger partial charge is 0.461 e. The van der Waals surface area contributed by atoms with E-state index >= 15 is 0 Å². The van der Waals surface area contributed by atoms with Crippen molar-refractivity contribution in [2.75, 3.05) is 26.2 Å². The Kier molecular flexibility index (Phi) is 4.83.